The average Bonchev–Trinajstić information content (AvgIpc) is 2.74. The van der Waals surface area contributed by atoms with E-state index in [1.807, 2.05) is 0 Å². The lowest BCUT2D eigenvalue weighted by atomic mass is 9.99. The monoisotopic (exact) mass is 211 g/mol. The highest BCUT2D eigenvalue weighted by molar-refractivity contribution is 5.78. The van der Waals surface area contributed by atoms with Crippen molar-refractivity contribution in [2.45, 2.75) is 58.3 Å². The molecule has 1 aliphatic rings. The first-order valence-electron chi connectivity index (χ1n) is 6.55. The SMILES string of the molecule is CCCCCCC(=O)CCC1CCNC1. The number of hydrogen-bond donors (Lipinski definition) is 1. The number of carbonyl (C=O) groups excluding carboxylic acids is 1. The van der Waals surface area contributed by atoms with Gasteiger partial charge in [0, 0.05) is 12.8 Å². The van der Waals surface area contributed by atoms with Crippen molar-refractivity contribution < 1.29 is 4.79 Å². The maximum absolute atomic E-state index is 11.5. The largest absolute Gasteiger partial charge is 0.316 e. The van der Waals surface area contributed by atoms with Gasteiger partial charge in [0.25, 0.3) is 0 Å². The molecule has 1 aliphatic heterocycles. The number of unbranched alkanes of at least 4 members (excludes halogenated alkanes) is 3. The highest BCUT2D eigenvalue weighted by Gasteiger charge is 2.15. The molecule has 1 saturated heterocycles. The normalized spacial score (nSPS) is 20.7. The minimum absolute atomic E-state index is 0.484. The van der Waals surface area contributed by atoms with E-state index in [0.717, 1.165) is 44.7 Å². The van der Waals surface area contributed by atoms with Gasteiger partial charge in [-0.1, -0.05) is 26.2 Å². The van der Waals surface area contributed by atoms with Crippen LogP contribution < -0.4 is 5.32 Å². The van der Waals surface area contributed by atoms with Gasteiger partial charge in [0.1, 0.15) is 5.78 Å². The molecule has 0 radical (unpaired) electrons. The third-order valence-corrected chi connectivity index (χ3v) is 3.30. The second-order valence-electron chi connectivity index (χ2n) is 4.75. The van der Waals surface area contributed by atoms with Crippen LogP contribution in [0.4, 0.5) is 0 Å². The summed E-state index contributed by atoms with van der Waals surface area (Å²) in [4.78, 5) is 11.5. The Morgan fingerprint density at radius 2 is 2.13 bits per heavy atom. The number of rotatable bonds is 8. The number of nitrogens with one attached hydrogen (secondary N) is 1. The predicted molar refractivity (Wildman–Crippen MR) is 64.0 cm³/mol. The Morgan fingerprint density at radius 1 is 1.27 bits per heavy atom. The average molecular weight is 211 g/mol. The van der Waals surface area contributed by atoms with E-state index >= 15 is 0 Å². The smallest absolute Gasteiger partial charge is 0.132 e. The number of carbonyl (C=O) groups is 1. The summed E-state index contributed by atoms with van der Waals surface area (Å²) in [6, 6.07) is 0. The van der Waals surface area contributed by atoms with Crippen molar-refractivity contribution in [3.63, 3.8) is 0 Å². The maximum Gasteiger partial charge on any atom is 0.132 e. The van der Waals surface area contributed by atoms with E-state index in [4.69, 9.17) is 0 Å². The van der Waals surface area contributed by atoms with Crippen LogP contribution in [0.15, 0.2) is 0 Å². The highest BCUT2D eigenvalue weighted by atomic mass is 16.1. The molecule has 1 heterocycles. The molecule has 2 nitrogen and oxygen atoms in total. The first-order valence-corrected chi connectivity index (χ1v) is 6.55. The molecule has 15 heavy (non-hydrogen) atoms. The number of ketones is 1. The Labute approximate surface area is 93.8 Å². The van der Waals surface area contributed by atoms with Crippen LogP contribution in [0, 0.1) is 5.92 Å². The molecule has 0 amide bonds. The van der Waals surface area contributed by atoms with Gasteiger partial charge in [-0.05, 0) is 38.3 Å². The number of Topliss-reactive ketones (excluding diaryl/α,β-unsaturated/α-hetero) is 1. The second-order valence-corrected chi connectivity index (χ2v) is 4.75. The van der Waals surface area contributed by atoms with Crippen molar-refractivity contribution in [2.24, 2.45) is 5.92 Å². The predicted octanol–water partition coefficient (Wildman–Crippen LogP) is 2.92. The topological polar surface area (TPSA) is 29.1 Å². The van der Waals surface area contributed by atoms with Gasteiger partial charge in [-0.25, -0.2) is 0 Å². The van der Waals surface area contributed by atoms with Crippen molar-refractivity contribution in [1.82, 2.24) is 5.32 Å². The van der Waals surface area contributed by atoms with E-state index < -0.39 is 0 Å². The summed E-state index contributed by atoms with van der Waals surface area (Å²) in [5.74, 6) is 1.25. The lowest BCUT2D eigenvalue weighted by Gasteiger charge is -2.06. The van der Waals surface area contributed by atoms with Crippen molar-refractivity contribution in [3.8, 4) is 0 Å². The molecule has 1 N–H and O–H groups in total. The fourth-order valence-electron chi connectivity index (χ4n) is 2.20. The standard InChI is InChI=1S/C13H25NO/c1-2-3-4-5-6-13(15)8-7-12-9-10-14-11-12/h12,14H,2-11H2,1H3. The summed E-state index contributed by atoms with van der Waals surface area (Å²) in [5.41, 5.74) is 0. The first kappa shape index (κ1) is 12.7. The number of hydrogen-bond acceptors (Lipinski definition) is 2. The zero-order chi connectivity index (χ0) is 10.9. The van der Waals surface area contributed by atoms with Gasteiger partial charge in [-0.2, -0.15) is 0 Å². The van der Waals surface area contributed by atoms with Crippen LogP contribution in [-0.2, 0) is 4.79 Å². The molecule has 0 saturated carbocycles. The molecular weight excluding hydrogens is 186 g/mol. The fraction of sp³-hybridized carbons (Fsp3) is 0.923. The molecule has 0 spiro atoms. The third-order valence-electron chi connectivity index (χ3n) is 3.30. The van der Waals surface area contributed by atoms with Crippen molar-refractivity contribution in [3.05, 3.63) is 0 Å². The molecule has 0 aromatic rings. The lowest BCUT2D eigenvalue weighted by Crippen LogP contribution is -2.10. The van der Waals surface area contributed by atoms with Gasteiger partial charge < -0.3 is 5.32 Å². The molecule has 0 aliphatic carbocycles. The van der Waals surface area contributed by atoms with E-state index in [-0.39, 0.29) is 0 Å². The zero-order valence-electron chi connectivity index (χ0n) is 10.1. The first-order chi connectivity index (χ1) is 7.33. The van der Waals surface area contributed by atoms with Crippen molar-refractivity contribution in [1.29, 1.82) is 0 Å². The Morgan fingerprint density at radius 3 is 2.80 bits per heavy atom. The molecule has 1 fully saturated rings. The Kier molecular flexibility index (Phi) is 6.66. The third kappa shape index (κ3) is 5.93. The molecule has 88 valence electrons. The van der Waals surface area contributed by atoms with Gasteiger partial charge in [0.2, 0.25) is 0 Å². The van der Waals surface area contributed by atoms with Crippen LogP contribution in [0.3, 0.4) is 0 Å². The van der Waals surface area contributed by atoms with Crippen LogP contribution in [-0.4, -0.2) is 18.9 Å². The Hall–Kier alpha value is -0.370. The van der Waals surface area contributed by atoms with Gasteiger partial charge in [-0.15, -0.1) is 0 Å². The Bertz CT molecular complexity index is 173. The summed E-state index contributed by atoms with van der Waals surface area (Å²) in [6.07, 6.45) is 8.88. The van der Waals surface area contributed by atoms with Crippen LogP contribution in [0.1, 0.15) is 58.3 Å². The highest BCUT2D eigenvalue weighted by Crippen LogP contribution is 2.15. The fourth-order valence-corrected chi connectivity index (χ4v) is 2.20. The van der Waals surface area contributed by atoms with Crippen LogP contribution in [0.25, 0.3) is 0 Å². The second kappa shape index (κ2) is 7.86. The van der Waals surface area contributed by atoms with E-state index in [9.17, 15) is 4.79 Å². The molecule has 0 aromatic heterocycles. The van der Waals surface area contributed by atoms with Gasteiger partial charge in [-0.3, -0.25) is 4.79 Å². The lowest BCUT2D eigenvalue weighted by molar-refractivity contribution is -0.119. The van der Waals surface area contributed by atoms with Crippen LogP contribution >= 0.6 is 0 Å². The maximum atomic E-state index is 11.5. The molecule has 2 heteroatoms. The van der Waals surface area contributed by atoms with Gasteiger partial charge >= 0.3 is 0 Å². The molecule has 0 bridgehead atoms. The van der Waals surface area contributed by atoms with E-state index in [2.05, 4.69) is 12.2 Å². The zero-order valence-corrected chi connectivity index (χ0v) is 10.1. The summed E-state index contributed by atoms with van der Waals surface area (Å²) in [5, 5.41) is 3.34. The Balaban J connectivity index is 1.93. The van der Waals surface area contributed by atoms with E-state index in [0.29, 0.717) is 5.78 Å². The molecule has 1 rings (SSSR count). The minimum atomic E-state index is 0.484. The van der Waals surface area contributed by atoms with Gasteiger partial charge in [0.15, 0.2) is 0 Å². The summed E-state index contributed by atoms with van der Waals surface area (Å²) >= 11 is 0. The van der Waals surface area contributed by atoms with Crippen molar-refractivity contribution in [2.75, 3.05) is 13.1 Å². The molecule has 1 atom stereocenters. The van der Waals surface area contributed by atoms with E-state index in [1.165, 1.54) is 25.7 Å². The molecule has 1 unspecified atom stereocenters. The molecule has 0 aromatic carbocycles. The summed E-state index contributed by atoms with van der Waals surface area (Å²) in [7, 11) is 0. The van der Waals surface area contributed by atoms with Crippen LogP contribution in [0.5, 0.6) is 0 Å². The molecular formula is C13H25NO. The summed E-state index contributed by atoms with van der Waals surface area (Å²) < 4.78 is 0. The minimum Gasteiger partial charge on any atom is -0.316 e. The van der Waals surface area contributed by atoms with E-state index in [1.54, 1.807) is 0 Å². The van der Waals surface area contributed by atoms with Crippen LogP contribution in [0.2, 0.25) is 0 Å². The quantitative estimate of drug-likeness (QED) is 0.625. The van der Waals surface area contributed by atoms with Crippen molar-refractivity contribution >= 4 is 5.78 Å². The summed E-state index contributed by atoms with van der Waals surface area (Å²) in [6.45, 7) is 4.48. The van der Waals surface area contributed by atoms with Gasteiger partial charge in [0.05, 0.1) is 0 Å².